The van der Waals surface area contributed by atoms with Crippen LogP contribution in [-0.4, -0.2) is 27.9 Å². The van der Waals surface area contributed by atoms with Crippen LogP contribution in [0.3, 0.4) is 0 Å². The number of nitrogens with zero attached hydrogens (tertiary/aromatic N) is 2. The lowest BCUT2D eigenvalue weighted by Crippen LogP contribution is -2.27. The first-order valence-electron chi connectivity index (χ1n) is 9.98. The standard InChI is InChI=1S/C23H24N4O2/c28-22(13-14-24-23(29)18-6-2-1-3-7-18)25-19-11-9-17(10-12-19)20-16-27-15-5-4-8-21(27)26-20/h1-3,6-7,9-12,16H,4-5,8,13-15H2,(H,24,29)(H,25,28). The number of nitrogens with one attached hydrogen (secondary N) is 2. The predicted octanol–water partition coefficient (Wildman–Crippen LogP) is 3.65. The van der Waals surface area contributed by atoms with Gasteiger partial charge < -0.3 is 15.2 Å². The third-order valence-corrected chi connectivity index (χ3v) is 5.05. The van der Waals surface area contributed by atoms with Crippen molar-refractivity contribution < 1.29 is 9.59 Å². The Bertz CT molecular complexity index is 970. The number of hydrogen-bond donors (Lipinski definition) is 2. The third kappa shape index (κ3) is 4.71. The van der Waals surface area contributed by atoms with E-state index in [0.717, 1.165) is 35.7 Å². The number of carbonyl (C=O) groups excluding carboxylic acids is 2. The summed E-state index contributed by atoms with van der Waals surface area (Å²) >= 11 is 0. The minimum atomic E-state index is -0.175. The Morgan fingerprint density at radius 2 is 1.79 bits per heavy atom. The second-order valence-electron chi connectivity index (χ2n) is 7.19. The number of rotatable bonds is 6. The molecule has 2 amide bonds. The Balaban J connectivity index is 1.28. The van der Waals surface area contributed by atoms with Crippen LogP contribution in [0, 0.1) is 0 Å². The van der Waals surface area contributed by atoms with Crippen molar-refractivity contribution in [3.63, 3.8) is 0 Å². The highest BCUT2D eigenvalue weighted by Crippen LogP contribution is 2.24. The van der Waals surface area contributed by atoms with Gasteiger partial charge in [0.05, 0.1) is 5.69 Å². The molecule has 29 heavy (non-hydrogen) atoms. The molecule has 3 aromatic rings. The van der Waals surface area contributed by atoms with E-state index in [1.54, 1.807) is 12.1 Å². The van der Waals surface area contributed by atoms with Gasteiger partial charge >= 0.3 is 0 Å². The molecule has 2 N–H and O–H groups in total. The fraction of sp³-hybridized carbons (Fsp3) is 0.261. The van der Waals surface area contributed by atoms with E-state index < -0.39 is 0 Å². The van der Waals surface area contributed by atoms with Crippen LogP contribution in [-0.2, 0) is 17.8 Å². The van der Waals surface area contributed by atoms with Crippen LogP contribution >= 0.6 is 0 Å². The van der Waals surface area contributed by atoms with Crippen LogP contribution in [0.5, 0.6) is 0 Å². The Kier molecular flexibility index (Phi) is 5.70. The molecule has 0 saturated heterocycles. The molecule has 0 saturated carbocycles. The quantitative estimate of drug-likeness (QED) is 0.677. The molecule has 1 aliphatic heterocycles. The first kappa shape index (κ1) is 18.9. The number of aryl methyl sites for hydroxylation is 2. The Morgan fingerprint density at radius 1 is 1.00 bits per heavy atom. The summed E-state index contributed by atoms with van der Waals surface area (Å²) in [7, 11) is 0. The van der Waals surface area contributed by atoms with Crippen LogP contribution in [0.2, 0.25) is 0 Å². The number of imidazole rings is 1. The first-order valence-corrected chi connectivity index (χ1v) is 9.98. The normalized spacial score (nSPS) is 12.8. The van der Waals surface area contributed by atoms with Crippen molar-refractivity contribution in [2.75, 3.05) is 11.9 Å². The molecule has 0 aliphatic carbocycles. The molecule has 1 aliphatic rings. The van der Waals surface area contributed by atoms with Gasteiger partial charge in [0.2, 0.25) is 5.91 Å². The molecule has 6 nitrogen and oxygen atoms in total. The molecule has 2 heterocycles. The van der Waals surface area contributed by atoms with Gasteiger partial charge in [-0.05, 0) is 37.1 Å². The molecule has 148 valence electrons. The van der Waals surface area contributed by atoms with E-state index >= 15 is 0 Å². The smallest absolute Gasteiger partial charge is 0.251 e. The van der Waals surface area contributed by atoms with E-state index in [4.69, 9.17) is 4.98 Å². The highest BCUT2D eigenvalue weighted by molar-refractivity contribution is 5.95. The van der Waals surface area contributed by atoms with Crippen molar-refractivity contribution >= 4 is 17.5 Å². The summed E-state index contributed by atoms with van der Waals surface area (Å²) < 4.78 is 2.23. The lowest BCUT2D eigenvalue weighted by Gasteiger charge is -2.11. The zero-order valence-electron chi connectivity index (χ0n) is 16.2. The summed E-state index contributed by atoms with van der Waals surface area (Å²) in [6, 6.07) is 16.7. The minimum absolute atomic E-state index is 0.136. The molecule has 4 rings (SSSR count). The largest absolute Gasteiger partial charge is 0.352 e. The summed E-state index contributed by atoms with van der Waals surface area (Å²) in [4.78, 5) is 28.8. The van der Waals surface area contributed by atoms with E-state index in [2.05, 4.69) is 21.4 Å². The van der Waals surface area contributed by atoms with Crippen molar-refractivity contribution in [1.29, 1.82) is 0 Å². The van der Waals surface area contributed by atoms with Gasteiger partial charge in [-0.3, -0.25) is 9.59 Å². The predicted molar refractivity (Wildman–Crippen MR) is 113 cm³/mol. The molecule has 0 bridgehead atoms. The van der Waals surface area contributed by atoms with Gasteiger partial charge in [-0.15, -0.1) is 0 Å². The number of carbonyl (C=O) groups is 2. The van der Waals surface area contributed by atoms with Crippen molar-refractivity contribution in [3.8, 4) is 11.3 Å². The molecule has 0 atom stereocenters. The molecular formula is C23H24N4O2. The zero-order valence-corrected chi connectivity index (χ0v) is 16.2. The van der Waals surface area contributed by atoms with Crippen molar-refractivity contribution in [2.24, 2.45) is 0 Å². The molecule has 0 spiro atoms. The van der Waals surface area contributed by atoms with Crippen LogP contribution in [0.25, 0.3) is 11.3 Å². The minimum Gasteiger partial charge on any atom is -0.352 e. The van der Waals surface area contributed by atoms with Crippen LogP contribution in [0.4, 0.5) is 5.69 Å². The molecule has 6 heteroatoms. The van der Waals surface area contributed by atoms with Crippen LogP contribution in [0.15, 0.2) is 60.8 Å². The van der Waals surface area contributed by atoms with Gasteiger partial charge in [0.15, 0.2) is 0 Å². The fourth-order valence-corrected chi connectivity index (χ4v) is 3.48. The average molecular weight is 388 g/mol. The van der Waals surface area contributed by atoms with E-state index in [1.807, 2.05) is 42.5 Å². The zero-order chi connectivity index (χ0) is 20.1. The average Bonchev–Trinajstić information content (AvgIpc) is 3.19. The van der Waals surface area contributed by atoms with E-state index in [0.29, 0.717) is 5.56 Å². The highest BCUT2D eigenvalue weighted by Gasteiger charge is 2.13. The topological polar surface area (TPSA) is 76.0 Å². The number of benzene rings is 2. The lowest BCUT2D eigenvalue weighted by molar-refractivity contribution is -0.116. The summed E-state index contributed by atoms with van der Waals surface area (Å²) in [5.41, 5.74) is 3.34. The van der Waals surface area contributed by atoms with E-state index in [-0.39, 0.29) is 24.8 Å². The fourth-order valence-electron chi connectivity index (χ4n) is 3.48. The SMILES string of the molecule is O=C(CCNC(=O)c1ccccc1)Nc1ccc(-c2cn3c(n2)CCCC3)cc1. The summed E-state index contributed by atoms with van der Waals surface area (Å²) in [6.45, 7) is 1.33. The van der Waals surface area contributed by atoms with Crippen molar-refractivity contribution in [3.05, 3.63) is 72.2 Å². The maximum absolute atomic E-state index is 12.1. The monoisotopic (exact) mass is 388 g/mol. The van der Waals surface area contributed by atoms with Gasteiger partial charge in [0.1, 0.15) is 5.82 Å². The Morgan fingerprint density at radius 3 is 2.55 bits per heavy atom. The van der Waals surface area contributed by atoms with Gasteiger partial charge in [-0.25, -0.2) is 4.98 Å². The second kappa shape index (κ2) is 8.73. The van der Waals surface area contributed by atoms with Crippen LogP contribution in [0.1, 0.15) is 35.4 Å². The van der Waals surface area contributed by atoms with Gasteiger partial charge in [-0.2, -0.15) is 0 Å². The molecular weight excluding hydrogens is 364 g/mol. The molecule has 2 aromatic carbocycles. The van der Waals surface area contributed by atoms with Gasteiger partial charge in [0, 0.05) is 48.9 Å². The molecule has 1 aromatic heterocycles. The Hall–Kier alpha value is -3.41. The van der Waals surface area contributed by atoms with Crippen molar-refractivity contribution in [1.82, 2.24) is 14.9 Å². The number of fused-ring (bicyclic) bond motifs is 1. The summed E-state index contributed by atoms with van der Waals surface area (Å²) in [5, 5.41) is 5.63. The maximum atomic E-state index is 12.1. The maximum Gasteiger partial charge on any atom is 0.251 e. The molecule has 0 radical (unpaired) electrons. The van der Waals surface area contributed by atoms with E-state index in [1.165, 1.54) is 12.8 Å². The van der Waals surface area contributed by atoms with Gasteiger partial charge in [-0.1, -0.05) is 30.3 Å². The highest BCUT2D eigenvalue weighted by atomic mass is 16.2. The van der Waals surface area contributed by atoms with Gasteiger partial charge in [0.25, 0.3) is 5.91 Å². The lowest BCUT2D eigenvalue weighted by atomic mass is 10.1. The molecule has 0 fully saturated rings. The number of aromatic nitrogens is 2. The van der Waals surface area contributed by atoms with Crippen molar-refractivity contribution in [2.45, 2.75) is 32.2 Å². The number of anilines is 1. The Labute approximate surface area is 170 Å². The van der Waals surface area contributed by atoms with E-state index in [9.17, 15) is 9.59 Å². The number of amides is 2. The first-order chi connectivity index (χ1) is 14.2. The third-order valence-electron chi connectivity index (χ3n) is 5.05. The summed E-state index contributed by atoms with van der Waals surface area (Å²) in [5.74, 6) is 0.843. The van der Waals surface area contributed by atoms with Crippen LogP contribution < -0.4 is 10.6 Å². The molecule has 0 unspecified atom stereocenters. The second-order valence-corrected chi connectivity index (χ2v) is 7.19. The summed E-state index contributed by atoms with van der Waals surface area (Å²) in [6.07, 6.45) is 5.77. The number of hydrogen-bond acceptors (Lipinski definition) is 3.